The lowest BCUT2D eigenvalue weighted by Crippen LogP contribution is -2.40. The van der Waals surface area contributed by atoms with Gasteiger partial charge in [-0.25, -0.2) is 0 Å². The van der Waals surface area contributed by atoms with Gasteiger partial charge in [-0.3, -0.25) is 9.59 Å². The second-order valence-electron chi connectivity index (χ2n) is 6.26. The maximum Gasteiger partial charge on any atom is 0.289 e. The summed E-state index contributed by atoms with van der Waals surface area (Å²) in [6.45, 7) is 4.05. The molecule has 5 heteroatoms. The minimum atomic E-state index is -0.628. The van der Waals surface area contributed by atoms with E-state index in [1.165, 1.54) is 6.08 Å². The maximum atomic E-state index is 12.7. The molecule has 0 spiro atoms. The Hall–Kier alpha value is -2.04. The van der Waals surface area contributed by atoms with Gasteiger partial charge in [-0.05, 0) is 38.8 Å². The van der Waals surface area contributed by atoms with E-state index in [0.29, 0.717) is 13.0 Å². The summed E-state index contributed by atoms with van der Waals surface area (Å²) < 4.78 is 11.0. The summed E-state index contributed by atoms with van der Waals surface area (Å²) in [6, 6.07) is 3.86. The van der Waals surface area contributed by atoms with Crippen LogP contribution in [0.25, 0.3) is 0 Å². The minimum Gasteiger partial charge on any atom is -0.481 e. The Morgan fingerprint density at radius 3 is 2.76 bits per heavy atom. The van der Waals surface area contributed by atoms with Crippen LogP contribution in [0, 0.1) is 0 Å². The van der Waals surface area contributed by atoms with Crippen LogP contribution in [0.1, 0.15) is 38.9 Å². The molecule has 0 radical (unpaired) electrons. The zero-order valence-corrected chi connectivity index (χ0v) is 12.3. The Morgan fingerprint density at radius 1 is 1.43 bits per heavy atom. The second kappa shape index (κ2) is 5.06. The van der Waals surface area contributed by atoms with Crippen molar-refractivity contribution >= 4 is 11.7 Å². The quantitative estimate of drug-likeness (QED) is 0.854. The van der Waals surface area contributed by atoms with Crippen LogP contribution >= 0.6 is 0 Å². The van der Waals surface area contributed by atoms with Crippen molar-refractivity contribution in [2.24, 2.45) is 0 Å². The molecular weight excluding hydrogens is 270 g/mol. The predicted molar refractivity (Wildman–Crippen MR) is 75.2 cm³/mol. The topological polar surface area (TPSA) is 59.8 Å². The number of hydrogen-bond acceptors (Lipinski definition) is 4. The smallest absolute Gasteiger partial charge is 0.289 e. The maximum absolute atomic E-state index is 12.7. The Labute approximate surface area is 123 Å². The summed E-state index contributed by atoms with van der Waals surface area (Å²) in [6.07, 6.45) is 5.18. The fourth-order valence-electron chi connectivity index (χ4n) is 2.55. The van der Waals surface area contributed by atoms with Gasteiger partial charge >= 0.3 is 0 Å². The molecule has 0 saturated heterocycles. The Bertz CT molecular complexity index is 581. The largest absolute Gasteiger partial charge is 0.481 e. The molecule has 0 N–H and O–H groups in total. The fourth-order valence-corrected chi connectivity index (χ4v) is 2.55. The van der Waals surface area contributed by atoms with E-state index in [0.717, 1.165) is 18.6 Å². The molecule has 1 aromatic heterocycles. The minimum absolute atomic E-state index is 0.0663. The van der Waals surface area contributed by atoms with Gasteiger partial charge in [0.2, 0.25) is 0 Å². The van der Waals surface area contributed by atoms with Crippen molar-refractivity contribution in [1.82, 2.24) is 4.90 Å². The number of nitrogens with zero attached hydrogens (tertiary/aromatic N) is 1. The molecule has 1 fully saturated rings. The van der Waals surface area contributed by atoms with E-state index in [-0.39, 0.29) is 23.5 Å². The zero-order valence-electron chi connectivity index (χ0n) is 12.3. The van der Waals surface area contributed by atoms with Gasteiger partial charge in [0.25, 0.3) is 5.91 Å². The number of carbonyl (C=O) groups excluding carboxylic acids is 2. The number of hydrogen-bond donors (Lipinski definition) is 0. The summed E-state index contributed by atoms with van der Waals surface area (Å²) in [5.41, 5.74) is -0.628. The molecule has 2 heterocycles. The molecular formula is C16H19NO4. The van der Waals surface area contributed by atoms with Crippen molar-refractivity contribution in [1.29, 1.82) is 0 Å². The molecule has 0 bridgehead atoms. The highest BCUT2D eigenvalue weighted by Gasteiger charge is 2.38. The monoisotopic (exact) mass is 289 g/mol. The van der Waals surface area contributed by atoms with Gasteiger partial charge in [0.05, 0.1) is 12.8 Å². The van der Waals surface area contributed by atoms with Gasteiger partial charge in [0, 0.05) is 18.5 Å². The highest BCUT2D eigenvalue weighted by Crippen LogP contribution is 2.32. The lowest BCUT2D eigenvalue weighted by atomic mass is 9.98. The van der Waals surface area contributed by atoms with Gasteiger partial charge in [0.1, 0.15) is 11.4 Å². The third kappa shape index (κ3) is 3.17. The number of allylic oxidation sites excluding steroid dienone is 1. The van der Waals surface area contributed by atoms with E-state index in [9.17, 15) is 9.59 Å². The molecule has 0 unspecified atom stereocenters. The van der Waals surface area contributed by atoms with Crippen LogP contribution < -0.4 is 0 Å². The lowest BCUT2D eigenvalue weighted by molar-refractivity contribution is -0.139. The SMILES string of the molecule is CC1(C)CC(=O)C=C(C(=O)N(Cc2ccco2)C2CC2)O1. The molecule has 3 rings (SSSR count). The summed E-state index contributed by atoms with van der Waals surface area (Å²) in [5.74, 6) is 0.588. The number of amides is 1. The number of rotatable bonds is 4. The highest BCUT2D eigenvalue weighted by atomic mass is 16.5. The van der Waals surface area contributed by atoms with E-state index >= 15 is 0 Å². The van der Waals surface area contributed by atoms with Gasteiger partial charge in [0.15, 0.2) is 11.5 Å². The van der Waals surface area contributed by atoms with Crippen molar-refractivity contribution in [3.8, 4) is 0 Å². The molecule has 1 aliphatic heterocycles. The lowest BCUT2D eigenvalue weighted by Gasteiger charge is -2.32. The Morgan fingerprint density at radius 2 is 2.19 bits per heavy atom. The van der Waals surface area contributed by atoms with Crippen LogP contribution in [0.5, 0.6) is 0 Å². The Balaban J connectivity index is 1.79. The van der Waals surface area contributed by atoms with Crippen molar-refractivity contribution in [2.75, 3.05) is 0 Å². The first-order valence-corrected chi connectivity index (χ1v) is 7.21. The molecule has 1 amide bonds. The molecule has 5 nitrogen and oxygen atoms in total. The highest BCUT2D eigenvalue weighted by molar-refractivity contribution is 6.02. The van der Waals surface area contributed by atoms with Gasteiger partial charge in [-0.2, -0.15) is 0 Å². The normalized spacial score (nSPS) is 20.7. The average Bonchev–Trinajstić information content (AvgIpc) is 3.10. The van der Waals surface area contributed by atoms with Crippen LogP contribution in [-0.2, 0) is 20.9 Å². The van der Waals surface area contributed by atoms with E-state index in [4.69, 9.17) is 9.15 Å². The van der Waals surface area contributed by atoms with Crippen molar-refractivity contribution in [3.05, 3.63) is 36.0 Å². The van der Waals surface area contributed by atoms with Crippen molar-refractivity contribution in [2.45, 2.75) is 51.3 Å². The van der Waals surface area contributed by atoms with Crippen molar-refractivity contribution in [3.63, 3.8) is 0 Å². The molecule has 112 valence electrons. The molecule has 0 aromatic carbocycles. The van der Waals surface area contributed by atoms with Gasteiger partial charge < -0.3 is 14.1 Å². The average molecular weight is 289 g/mol. The van der Waals surface area contributed by atoms with E-state index in [2.05, 4.69) is 0 Å². The van der Waals surface area contributed by atoms with Crippen LogP contribution in [0.15, 0.2) is 34.6 Å². The summed E-state index contributed by atoms with van der Waals surface area (Å²) in [4.78, 5) is 26.2. The number of carbonyl (C=O) groups is 2. The van der Waals surface area contributed by atoms with Crippen LogP contribution in [0.3, 0.4) is 0 Å². The molecule has 1 saturated carbocycles. The molecule has 0 atom stereocenters. The summed E-state index contributed by atoms with van der Waals surface area (Å²) >= 11 is 0. The van der Waals surface area contributed by atoms with Crippen LogP contribution in [0.2, 0.25) is 0 Å². The predicted octanol–water partition coefficient (Wildman–Crippen LogP) is 2.42. The van der Waals surface area contributed by atoms with Crippen molar-refractivity contribution < 1.29 is 18.7 Å². The van der Waals surface area contributed by atoms with Crippen LogP contribution in [0.4, 0.5) is 0 Å². The second-order valence-corrected chi connectivity index (χ2v) is 6.26. The number of furan rings is 1. The standard InChI is InChI=1S/C16H19NO4/c1-16(2)9-12(18)8-14(21-16)15(19)17(11-5-6-11)10-13-4-3-7-20-13/h3-4,7-8,11H,5-6,9-10H2,1-2H3. The third-order valence-electron chi connectivity index (χ3n) is 3.64. The first kappa shape index (κ1) is 13.9. The molecule has 1 aliphatic carbocycles. The first-order chi connectivity index (χ1) is 9.94. The Kier molecular flexibility index (Phi) is 3.35. The van der Waals surface area contributed by atoms with E-state index in [1.54, 1.807) is 17.2 Å². The van der Waals surface area contributed by atoms with Crippen LogP contribution in [-0.4, -0.2) is 28.2 Å². The molecule has 2 aliphatic rings. The van der Waals surface area contributed by atoms with Gasteiger partial charge in [-0.1, -0.05) is 0 Å². The fraction of sp³-hybridized carbons (Fsp3) is 0.500. The summed E-state index contributed by atoms with van der Waals surface area (Å²) in [5, 5.41) is 0. The molecule has 21 heavy (non-hydrogen) atoms. The van der Waals surface area contributed by atoms with E-state index in [1.807, 2.05) is 19.9 Å². The third-order valence-corrected chi connectivity index (χ3v) is 3.64. The number of ketones is 1. The molecule has 1 aromatic rings. The first-order valence-electron chi connectivity index (χ1n) is 7.21. The zero-order chi connectivity index (χ0) is 15.0. The van der Waals surface area contributed by atoms with Gasteiger partial charge in [-0.15, -0.1) is 0 Å². The number of ether oxygens (including phenoxy) is 1. The summed E-state index contributed by atoms with van der Waals surface area (Å²) in [7, 11) is 0. The van der Waals surface area contributed by atoms with E-state index < -0.39 is 5.60 Å².